The molecule has 3 heterocycles. The number of rotatable bonds is 8. The summed E-state index contributed by atoms with van der Waals surface area (Å²) in [6.07, 6.45) is 0.967. The van der Waals surface area contributed by atoms with Crippen LogP contribution in [0, 0.1) is 5.82 Å². The molecule has 27 heavy (non-hydrogen) atoms. The Morgan fingerprint density at radius 2 is 2.04 bits per heavy atom. The van der Waals surface area contributed by atoms with Crippen LogP contribution in [0.4, 0.5) is 9.52 Å². The van der Waals surface area contributed by atoms with Crippen LogP contribution in [0.15, 0.2) is 50.6 Å². The summed E-state index contributed by atoms with van der Waals surface area (Å²) in [7, 11) is 0. The smallest absolute Gasteiger partial charge is 0.257 e. The number of nitrogens with one attached hydrogen (secondary N) is 1. The van der Waals surface area contributed by atoms with E-state index in [2.05, 4.69) is 43.2 Å². The highest BCUT2D eigenvalue weighted by molar-refractivity contribution is 8.00. The lowest BCUT2D eigenvalue weighted by atomic mass is 10.2. The summed E-state index contributed by atoms with van der Waals surface area (Å²) < 4.78 is 19.0. The summed E-state index contributed by atoms with van der Waals surface area (Å²) in [5.41, 5.74) is 0.688. The Morgan fingerprint density at radius 3 is 2.85 bits per heavy atom. The lowest BCUT2D eigenvalue weighted by Gasteiger charge is -1.98. The highest BCUT2D eigenvalue weighted by Crippen LogP contribution is 2.28. The molecule has 0 bridgehead atoms. The fourth-order valence-corrected chi connectivity index (χ4v) is 4.57. The quantitative estimate of drug-likeness (QED) is 0.414. The molecule has 6 nitrogen and oxygen atoms in total. The van der Waals surface area contributed by atoms with Gasteiger partial charge in [-0.1, -0.05) is 34.3 Å². The molecule has 0 aliphatic heterocycles. The maximum absolute atomic E-state index is 13.0. The first kappa shape index (κ1) is 18.1. The summed E-state index contributed by atoms with van der Waals surface area (Å²) in [5, 5.41) is 18.4. The number of benzene rings is 1. The molecule has 0 amide bonds. The SMILES string of the molecule is Fc1ccc(-c2nc(CSc3nnc(NCCc4cccs4)s3)no2)cc1. The van der Waals surface area contributed by atoms with Gasteiger partial charge in [0.25, 0.3) is 5.89 Å². The van der Waals surface area contributed by atoms with Crippen molar-refractivity contribution in [1.82, 2.24) is 20.3 Å². The molecule has 10 heteroatoms. The first-order valence-electron chi connectivity index (χ1n) is 8.07. The van der Waals surface area contributed by atoms with E-state index in [1.54, 1.807) is 23.5 Å². The standard InChI is InChI=1S/C17H14FN5OS3/c18-12-5-3-11(4-6-12)15-20-14(23-24-15)10-26-17-22-21-16(27-17)19-8-7-13-2-1-9-25-13/h1-6,9H,7-8,10H2,(H,19,21). The molecule has 1 aromatic carbocycles. The molecule has 0 atom stereocenters. The van der Waals surface area contributed by atoms with Crippen molar-refractivity contribution < 1.29 is 8.91 Å². The molecule has 0 fully saturated rings. The van der Waals surface area contributed by atoms with Gasteiger partial charge in [0.1, 0.15) is 5.82 Å². The average molecular weight is 420 g/mol. The van der Waals surface area contributed by atoms with Crippen LogP contribution >= 0.6 is 34.4 Å². The zero-order chi connectivity index (χ0) is 18.5. The second-order valence-electron chi connectivity index (χ2n) is 5.44. The van der Waals surface area contributed by atoms with Crippen molar-refractivity contribution in [3.63, 3.8) is 0 Å². The van der Waals surface area contributed by atoms with Crippen molar-refractivity contribution >= 4 is 39.6 Å². The number of hydrogen-bond acceptors (Lipinski definition) is 9. The van der Waals surface area contributed by atoms with Crippen LogP contribution in [0.2, 0.25) is 0 Å². The van der Waals surface area contributed by atoms with E-state index < -0.39 is 0 Å². The number of thiophene rings is 1. The largest absolute Gasteiger partial charge is 0.360 e. The lowest BCUT2D eigenvalue weighted by Crippen LogP contribution is -2.03. The van der Waals surface area contributed by atoms with Crippen LogP contribution in [-0.2, 0) is 12.2 Å². The Kier molecular flexibility index (Phi) is 5.75. The van der Waals surface area contributed by atoms with Gasteiger partial charge in [-0.05, 0) is 42.1 Å². The van der Waals surface area contributed by atoms with E-state index >= 15 is 0 Å². The van der Waals surface area contributed by atoms with Crippen LogP contribution in [0.5, 0.6) is 0 Å². The third kappa shape index (κ3) is 4.90. The predicted octanol–water partition coefficient (Wildman–Crippen LogP) is 4.74. The van der Waals surface area contributed by atoms with Crippen molar-refractivity contribution in [1.29, 1.82) is 0 Å². The number of nitrogens with zero attached hydrogens (tertiary/aromatic N) is 4. The molecule has 0 spiro atoms. The molecule has 0 saturated carbocycles. The fourth-order valence-electron chi connectivity index (χ4n) is 2.24. The Morgan fingerprint density at radius 1 is 1.15 bits per heavy atom. The minimum Gasteiger partial charge on any atom is -0.360 e. The maximum atomic E-state index is 13.0. The van der Waals surface area contributed by atoms with E-state index in [4.69, 9.17) is 4.52 Å². The minimum absolute atomic E-state index is 0.301. The highest BCUT2D eigenvalue weighted by Gasteiger charge is 2.11. The fraction of sp³-hybridized carbons (Fsp3) is 0.176. The molecule has 0 aliphatic carbocycles. The van der Waals surface area contributed by atoms with Crippen molar-refractivity contribution in [2.24, 2.45) is 0 Å². The Bertz CT molecular complexity index is 984. The topological polar surface area (TPSA) is 76.7 Å². The van der Waals surface area contributed by atoms with Gasteiger partial charge in [-0.2, -0.15) is 4.98 Å². The molecule has 0 saturated heterocycles. The summed E-state index contributed by atoms with van der Waals surface area (Å²) in [4.78, 5) is 5.67. The van der Waals surface area contributed by atoms with Gasteiger partial charge in [-0.15, -0.1) is 21.5 Å². The predicted molar refractivity (Wildman–Crippen MR) is 106 cm³/mol. The third-order valence-electron chi connectivity index (χ3n) is 3.52. The first-order valence-corrected chi connectivity index (χ1v) is 10.8. The molecule has 0 radical (unpaired) electrons. The molecule has 138 valence electrons. The average Bonchev–Trinajstić information content (AvgIpc) is 3.43. The lowest BCUT2D eigenvalue weighted by molar-refractivity contribution is 0.425. The van der Waals surface area contributed by atoms with E-state index in [9.17, 15) is 4.39 Å². The molecule has 0 unspecified atom stereocenters. The molecule has 1 N–H and O–H groups in total. The number of anilines is 1. The minimum atomic E-state index is -0.301. The molecule has 0 aliphatic rings. The Hall–Kier alpha value is -2.30. The van der Waals surface area contributed by atoms with Crippen molar-refractivity contribution in [2.45, 2.75) is 16.5 Å². The van der Waals surface area contributed by atoms with Gasteiger partial charge in [0.2, 0.25) is 5.13 Å². The summed E-state index contributed by atoms with van der Waals surface area (Å²) in [6, 6.07) is 10.1. The second kappa shape index (κ2) is 8.59. The van der Waals surface area contributed by atoms with Crippen molar-refractivity contribution in [3.8, 4) is 11.5 Å². The van der Waals surface area contributed by atoms with Gasteiger partial charge in [0.15, 0.2) is 10.2 Å². The highest BCUT2D eigenvalue weighted by atomic mass is 32.2. The molecule has 4 rings (SSSR count). The monoisotopic (exact) mass is 419 g/mol. The van der Waals surface area contributed by atoms with E-state index in [1.807, 2.05) is 0 Å². The van der Waals surface area contributed by atoms with Gasteiger partial charge >= 0.3 is 0 Å². The van der Waals surface area contributed by atoms with E-state index in [-0.39, 0.29) is 5.82 Å². The molecule has 4 aromatic rings. The molecular weight excluding hydrogens is 405 g/mol. The first-order chi connectivity index (χ1) is 13.3. The van der Waals surface area contributed by atoms with Gasteiger partial charge in [-0.3, -0.25) is 0 Å². The van der Waals surface area contributed by atoms with Crippen LogP contribution in [-0.4, -0.2) is 26.9 Å². The molecular formula is C17H14FN5OS3. The van der Waals surface area contributed by atoms with E-state index in [1.165, 1.54) is 40.1 Å². The van der Waals surface area contributed by atoms with Gasteiger partial charge in [0.05, 0.1) is 5.75 Å². The second-order valence-corrected chi connectivity index (χ2v) is 8.67. The van der Waals surface area contributed by atoms with Gasteiger partial charge in [0, 0.05) is 17.0 Å². The number of aromatic nitrogens is 4. The van der Waals surface area contributed by atoms with Crippen molar-refractivity contribution in [3.05, 3.63) is 58.3 Å². The van der Waals surface area contributed by atoms with E-state index in [0.717, 1.165) is 22.4 Å². The number of thioether (sulfide) groups is 1. The van der Waals surface area contributed by atoms with Crippen LogP contribution in [0.3, 0.4) is 0 Å². The van der Waals surface area contributed by atoms with Crippen LogP contribution in [0.1, 0.15) is 10.7 Å². The third-order valence-corrected chi connectivity index (χ3v) is 6.46. The number of hydrogen-bond donors (Lipinski definition) is 1. The summed E-state index contributed by atoms with van der Waals surface area (Å²) >= 11 is 4.75. The van der Waals surface area contributed by atoms with E-state index in [0.29, 0.717) is 23.0 Å². The Labute approximate surface area is 166 Å². The molecule has 3 aromatic heterocycles. The maximum Gasteiger partial charge on any atom is 0.257 e. The van der Waals surface area contributed by atoms with Gasteiger partial charge in [-0.25, -0.2) is 4.39 Å². The van der Waals surface area contributed by atoms with Crippen LogP contribution < -0.4 is 5.32 Å². The van der Waals surface area contributed by atoms with Gasteiger partial charge < -0.3 is 9.84 Å². The normalized spacial score (nSPS) is 11.0. The summed E-state index contributed by atoms with van der Waals surface area (Å²) in [5.74, 6) is 1.15. The van der Waals surface area contributed by atoms with Crippen molar-refractivity contribution in [2.75, 3.05) is 11.9 Å². The summed E-state index contributed by atoms with van der Waals surface area (Å²) in [6.45, 7) is 0.825. The Balaban J connectivity index is 1.28. The zero-order valence-electron chi connectivity index (χ0n) is 14.0. The number of halogens is 1. The zero-order valence-corrected chi connectivity index (χ0v) is 16.4. The van der Waals surface area contributed by atoms with Crippen LogP contribution in [0.25, 0.3) is 11.5 Å².